The summed E-state index contributed by atoms with van der Waals surface area (Å²) in [7, 11) is 0. The molecule has 0 radical (unpaired) electrons. The second-order valence-electron chi connectivity index (χ2n) is 5.37. The monoisotopic (exact) mass is 206 g/mol. The summed E-state index contributed by atoms with van der Waals surface area (Å²) in [5, 5.41) is 11.4. The molecular formula is C11H19NaO2. The van der Waals surface area contributed by atoms with E-state index in [4.69, 9.17) is 0 Å². The fourth-order valence-electron chi connectivity index (χ4n) is 0.552. The Hall–Kier alpha value is 0.210. The number of ketones is 1. The van der Waals surface area contributed by atoms with Crippen molar-refractivity contribution in [3.8, 4) is 0 Å². The van der Waals surface area contributed by atoms with E-state index in [0.717, 1.165) is 0 Å². The summed E-state index contributed by atoms with van der Waals surface area (Å²) < 4.78 is 0. The number of carbonyl (C=O) groups is 1. The van der Waals surface area contributed by atoms with Crippen LogP contribution < -0.4 is 34.7 Å². The average Bonchev–Trinajstić information content (AvgIpc) is 1.82. The van der Waals surface area contributed by atoms with Gasteiger partial charge < -0.3 is 5.11 Å². The van der Waals surface area contributed by atoms with Crippen LogP contribution in [0.5, 0.6) is 0 Å². The molecule has 0 heterocycles. The molecule has 0 saturated heterocycles. The molecule has 14 heavy (non-hydrogen) atoms. The molecule has 0 N–H and O–H groups in total. The fraction of sp³-hybridized carbons (Fsp3) is 0.727. The van der Waals surface area contributed by atoms with Crippen molar-refractivity contribution in [2.75, 3.05) is 0 Å². The maximum Gasteiger partial charge on any atom is 1.00 e. The van der Waals surface area contributed by atoms with Crippen molar-refractivity contribution in [1.82, 2.24) is 0 Å². The molecule has 76 valence electrons. The molecule has 0 bridgehead atoms. The molecule has 0 rings (SSSR count). The SMILES string of the molecule is CC(C)(C)C(=O)C=C([O-])C(C)(C)C.[Na+]. The van der Waals surface area contributed by atoms with Gasteiger partial charge in [0, 0.05) is 5.41 Å². The van der Waals surface area contributed by atoms with E-state index in [0.29, 0.717) is 0 Å². The van der Waals surface area contributed by atoms with Gasteiger partial charge in [0.25, 0.3) is 0 Å². The first-order valence-electron chi connectivity index (χ1n) is 4.49. The Bertz CT molecular complexity index is 229. The molecule has 0 aromatic rings. The molecule has 0 atom stereocenters. The van der Waals surface area contributed by atoms with Crippen molar-refractivity contribution in [3.05, 3.63) is 11.8 Å². The molecule has 0 fully saturated rings. The van der Waals surface area contributed by atoms with E-state index >= 15 is 0 Å². The van der Waals surface area contributed by atoms with Gasteiger partial charge in [-0.05, 0) is 11.5 Å². The average molecular weight is 206 g/mol. The van der Waals surface area contributed by atoms with Gasteiger partial charge in [-0.3, -0.25) is 4.79 Å². The molecule has 0 aliphatic carbocycles. The Labute approximate surface area is 109 Å². The molecule has 0 spiro atoms. The first-order chi connectivity index (χ1) is 5.55. The second-order valence-corrected chi connectivity index (χ2v) is 5.37. The number of carbonyl (C=O) groups excluding carboxylic acids is 1. The number of hydrogen-bond donors (Lipinski definition) is 0. The van der Waals surface area contributed by atoms with Crippen LogP contribution in [0, 0.1) is 10.8 Å². The van der Waals surface area contributed by atoms with E-state index in [1.165, 1.54) is 6.08 Å². The Morgan fingerprint density at radius 3 is 1.57 bits per heavy atom. The third-order valence-corrected chi connectivity index (χ3v) is 1.74. The Morgan fingerprint density at radius 2 is 1.36 bits per heavy atom. The zero-order chi connectivity index (χ0) is 10.9. The van der Waals surface area contributed by atoms with Crippen molar-refractivity contribution in [1.29, 1.82) is 0 Å². The minimum absolute atomic E-state index is 0. The summed E-state index contributed by atoms with van der Waals surface area (Å²) in [4.78, 5) is 11.4. The van der Waals surface area contributed by atoms with Crippen molar-refractivity contribution in [3.63, 3.8) is 0 Å². The zero-order valence-corrected chi connectivity index (χ0v) is 12.4. The molecule has 0 unspecified atom stereocenters. The summed E-state index contributed by atoms with van der Waals surface area (Å²) in [6.07, 6.45) is 1.22. The van der Waals surface area contributed by atoms with Gasteiger partial charge in [0.05, 0.1) is 0 Å². The van der Waals surface area contributed by atoms with Crippen LogP contribution in [0.2, 0.25) is 0 Å². The standard InChI is InChI=1S/C11H20O2.Na/c1-10(2,3)8(12)7-9(13)11(4,5)6;/h7,12H,1-6H3;/q;+1/p-1. The van der Waals surface area contributed by atoms with E-state index in [9.17, 15) is 9.90 Å². The van der Waals surface area contributed by atoms with Crippen LogP contribution in [0.25, 0.3) is 0 Å². The minimum Gasteiger partial charge on any atom is -0.875 e. The molecule has 0 aliphatic heterocycles. The van der Waals surface area contributed by atoms with Crippen molar-refractivity contribution in [2.45, 2.75) is 41.5 Å². The predicted octanol–water partition coefficient (Wildman–Crippen LogP) is -1.10. The van der Waals surface area contributed by atoms with Crippen LogP contribution in [0.3, 0.4) is 0 Å². The topological polar surface area (TPSA) is 40.1 Å². The Kier molecular flexibility index (Phi) is 6.34. The molecule has 3 heteroatoms. The molecule has 0 aromatic heterocycles. The molecule has 0 saturated carbocycles. The van der Waals surface area contributed by atoms with Crippen LogP contribution in [0.15, 0.2) is 11.8 Å². The number of allylic oxidation sites excluding steroid dienone is 2. The van der Waals surface area contributed by atoms with Gasteiger partial charge in [-0.1, -0.05) is 41.5 Å². The number of rotatable bonds is 1. The molecule has 0 aromatic carbocycles. The number of hydrogen-bond acceptors (Lipinski definition) is 2. The quantitative estimate of drug-likeness (QED) is 0.310. The van der Waals surface area contributed by atoms with Crippen LogP contribution >= 0.6 is 0 Å². The third kappa shape index (κ3) is 5.84. The summed E-state index contributed by atoms with van der Waals surface area (Å²) in [5.74, 6) is -0.208. The van der Waals surface area contributed by atoms with Gasteiger partial charge in [0.1, 0.15) is 0 Å². The molecular weight excluding hydrogens is 187 g/mol. The Balaban J connectivity index is 0. The fourth-order valence-corrected chi connectivity index (χ4v) is 0.552. The van der Waals surface area contributed by atoms with Crippen LogP contribution in [0.1, 0.15) is 41.5 Å². The van der Waals surface area contributed by atoms with Crippen molar-refractivity contribution in [2.24, 2.45) is 10.8 Å². The summed E-state index contributed by atoms with van der Waals surface area (Å²) in [6, 6.07) is 0. The van der Waals surface area contributed by atoms with Gasteiger partial charge in [-0.2, -0.15) is 0 Å². The maximum absolute atomic E-state index is 11.4. The van der Waals surface area contributed by atoms with Gasteiger partial charge >= 0.3 is 29.6 Å². The molecule has 0 amide bonds. The molecule has 0 aliphatic rings. The third-order valence-electron chi connectivity index (χ3n) is 1.74. The van der Waals surface area contributed by atoms with E-state index in [-0.39, 0.29) is 41.1 Å². The zero-order valence-electron chi connectivity index (χ0n) is 10.4. The first-order valence-corrected chi connectivity index (χ1v) is 4.49. The van der Waals surface area contributed by atoms with E-state index in [1.54, 1.807) is 0 Å². The van der Waals surface area contributed by atoms with Crippen molar-refractivity contribution >= 4 is 5.78 Å². The molecule has 2 nitrogen and oxygen atoms in total. The van der Waals surface area contributed by atoms with Crippen LogP contribution in [-0.4, -0.2) is 5.78 Å². The summed E-state index contributed by atoms with van der Waals surface area (Å²) in [6.45, 7) is 10.8. The largest absolute Gasteiger partial charge is 1.00 e. The van der Waals surface area contributed by atoms with Gasteiger partial charge in [0.2, 0.25) is 0 Å². The first kappa shape index (κ1) is 16.6. The second kappa shape index (κ2) is 5.34. The van der Waals surface area contributed by atoms with Crippen LogP contribution in [-0.2, 0) is 4.79 Å². The smallest absolute Gasteiger partial charge is 0.875 e. The van der Waals surface area contributed by atoms with E-state index in [2.05, 4.69) is 0 Å². The Morgan fingerprint density at radius 1 is 1.00 bits per heavy atom. The van der Waals surface area contributed by atoms with E-state index < -0.39 is 10.8 Å². The minimum atomic E-state index is -0.457. The maximum atomic E-state index is 11.4. The summed E-state index contributed by atoms with van der Waals surface area (Å²) in [5.41, 5.74) is -0.915. The van der Waals surface area contributed by atoms with Gasteiger partial charge in [0.15, 0.2) is 5.78 Å². The van der Waals surface area contributed by atoms with Gasteiger partial charge in [-0.25, -0.2) is 0 Å². The van der Waals surface area contributed by atoms with Crippen molar-refractivity contribution < 1.29 is 39.5 Å². The van der Waals surface area contributed by atoms with Gasteiger partial charge in [-0.15, -0.1) is 5.76 Å². The van der Waals surface area contributed by atoms with Crippen LogP contribution in [0.4, 0.5) is 0 Å². The predicted molar refractivity (Wildman–Crippen MR) is 52.0 cm³/mol. The normalized spacial score (nSPS) is 13.4. The summed E-state index contributed by atoms with van der Waals surface area (Å²) >= 11 is 0. The van der Waals surface area contributed by atoms with E-state index in [1.807, 2.05) is 41.5 Å².